The van der Waals surface area contributed by atoms with E-state index in [9.17, 15) is 4.79 Å². The average molecular weight is 468 g/mol. The molecule has 2 aromatic heterocycles. The smallest absolute Gasteiger partial charge is 0.272 e. The highest BCUT2D eigenvalue weighted by molar-refractivity contribution is 6.42. The summed E-state index contributed by atoms with van der Waals surface area (Å²) in [7, 11) is 0. The van der Waals surface area contributed by atoms with Gasteiger partial charge in [0.2, 0.25) is 5.88 Å². The minimum atomic E-state index is -0.266. The average Bonchev–Trinajstić information content (AvgIpc) is 3.27. The number of aromatic nitrogens is 3. The molecule has 4 rings (SSSR count). The number of hydrogen-bond acceptors (Lipinski definition) is 6. The fourth-order valence-electron chi connectivity index (χ4n) is 3.94. The fraction of sp³-hybridized carbons (Fsp3) is 0.261. The van der Waals surface area contributed by atoms with Gasteiger partial charge in [-0.3, -0.25) is 4.79 Å². The number of pyridine rings is 1. The van der Waals surface area contributed by atoms with Crippen LogP contribution in [0, 0.1) is 17.2 Å². The van der Waals surface area contributed by atoms with Crippen molar-refractivity contribution < 1.29 is 9.53 Å². The Bertz CT molecular complexity index is 1150. The Morgan fingerprint density at radius 3 is 2.69 bits per heavy atom. The maximum Gasteiger partial charge on any atom is 0.272 e. The number of carbonyl (C=O) groups excluding carboxylic acids is 1. The summed E-state index contributed by atoms with van der Waals surface area (Å²) in [5.41, 5.74) is 1.78. The maximum atomic E-state index is 13.0. The van der Waals surface area contributed by atoms with Gasteiger partial charge in [-0.1, -0.05) is 29.3 Å². The molecule has 3 aromatic rings. The molecule has 1 aliphatic rings. The maximum absolute atomic E-state index is 13.0. The highest BCUT2D eigenvalue weighted by Gasteiger charge is 2.40. The first-order valence-electron chi connectivity index (χ1n) is 9.99. The molecule has 1 amide bonds. The van der Waals surface area contributed by atoms with Gasteiger partial charge in [0.1, 0.15) is 24.2 Å². The second-order valence-corrected chi connectivity index (χ2v) is 8.38. The number of likely N-dealkylation sites (tertiary alicyclic amines) is 1. The van der Waals surface area contributed by atoms with E-state index in [4.69, 9.17) is 33.2 Å². The Balaban J connectivity index is 1.60. The molecule has 9 heteroatoms. The fourth-order valence-corrected chi connectivity index (χ4v) is 4.25. The van der Waals surface area contributed by atoms with Crippen molar-refractivity contribution in [2.45, 2.75) is 18.9 Å². The van der Waals surface area contributed by atoms with Crippen molar-refractivity contribution in [3.8, 4) is 11.9 Å². The summed E-state index contributed by atoms with van der Waals surface area (Å²) in [6, 6.07) is 12.5. The van der Waals surface area contributed by atoms with Crippen molar-refractivity contribution in [3.63, 3.8) is 0 Å². The first-order valence-corrected chi connectivity index (χ1v) is 10.7. The predicted octanol–water partition coefficient (Wildman–Crippen LogP) is 4.37. The molecule has 7 nitrogen and oxygen atoms in total. The second-order valence-electron chi connectivity index (χ2n) is 7.57. The second kappa shape index (κ2) is 9.51. The molecular formula is C23H19Cl2N5O2. The van der Waals surface area contributed by atoms with Crippen molar-refractivity contribution in [2.24, 2.45) is 5.92 Å². The summed E-state index contributed by atoms with van der Waals surface area (Å²) in [6.07, 6.45) is 4.11. The van der Waals surface area contributed by atoms with Crippen molar-refractivity contribution in [2.75, 3.05) is 13.1 Å². The van der Waals surface area contributed by atoms with Crippen LogP contribution in [0.3, 0.4) is 0 Å². The molecule has 3 unspecified atom stereocenters. The molecule has 0 radical (unpaired) electrons. The van der Waals surface area contributed by atoms with E-state index in [1.807, 2.05) is 25.1 Å². The van der Waals surface area contributed by atoms with Gasteiger partial charge in [-0.15, -0.1) is 0 Å². The summed E-state index contributed by atoms with van der Waals surface area (Å²) in [4.78, 5) is 27.0. The first-order chi connectivity index (χ1) is 15.5. The lowest BCUT2D eigenvalue weighted by Gasteiger charge is -2.25. The number of rotatable bonds is 5. The van der Waals surface area contributed by atoms with Crippen LogP contribution in [-0.4, -0.2) is 45.0 Å². The summed E-state index contributed by atoms with van der Waals surface area (Å²) in [6.45, 7) is 2.92. The monoisotopic (exact) mass is 467 g/mol. The Morgan fingerprint density at radius 2 is 2.03 bits per heavy atom. The van der Waals surface area contributed by atoms with Gasteiger partial charge in [0.05, 0.1) is 15.6 Å². The number of halogens is 2. The molecule has 1 aliphatic heterocycles. The van der Waals surface area contributed by atoms with Crippen molar-refractivity contribution in [3.05, 3.63) is 82.0 Å². The molecule has 0 aliphatic carbocycles. The van der Waals surface area contributed by atoms with Crippen LogP contribution < -0.4 is 4.74 Å². The number of ether oxygens (including phenoxy) is 1. The lowest BCUT2D eigenvalue weighted by molar-refractivity contribution is 0.0763. The van der Waals surface area contributed by atoms with Gasteiger partial charge < -0.3 is 9.64 Å². The zero-order valence-corrected chi connectivity index (χ0v) is 18.7. The topological polar surface area (TPSA) is 92.0 Å². The number of nitrogens with zero attached hydrogens (tertiary/aromatic N) is 5. The summed E-state index contributed by atoms with van der Waals surface area (Å²) >= 11 is 12.4. The molecular weight excluding hydrogens is 449 g/mol. The zero-order chi connectivity index (χ0) is 22.7. The molecule has 32 heavy (non-hydrogen) atoms. The van der Waals surface area contributed by atoms with Crippen LogP contribution >= 0.6 is 23.2 Å². The molecule has 1 aromatic carbocycles. The molecule has 0 N–H and O–H groups in total. The van der Waals surface area contributed by atoms with Crippen LogP contribution in [0.25, 0.3) is 0 Å². The van der Waals surface area contributed by atoms with Gasteiger partial charge >= 0.3 is 0 Å². The van der Waals surface area contributed by atoms with Crippen LogP contribution in [0.5, 0.6) is 5.88 Å². The van der Waals surface area contributed by atoms with Crippen LogP contribution in [-0.2, 0) is 0 Å². The molecule has 0 spiro atoms. The standard InChI is InChI=1S/C23H19Cl2N5O2/c1-14(32-22-5-2-15(9-26)10-28-22)17-11-30(23(31)21-6-7-27-13-29-21)12-18(17)16-3-4-19(24)20(25)8-16/h2-8,10,13-14,17-18H,11-12H2,1H3. The van der Waals surface area contributed by atoms with E-state index in [1.54, 1.807) is 35.4 Å². The Hall–Kier alpha value is -3.21. The van der Waals surface area contributed by atoms with Crippen LogP contribution in [0.2, 0.25) is 10.0 Å². The number of hydrogen-bond donors (Lipinski definition) is 0. The summed E-state index contributed by atoms with van der Waals surface area (Å²) in [5, 5.41) is 9.90. The zero-order valence-electron chi connectivity index (χ0n) is 17.2. The third kappa shape index (κ3) is 4.67. The molecule has 0 bridgehead atoms. The highest BCUT2D eigenvalue weighted by Crippen LogP contribution is 2.38. The molecule has 1 fully saturated rings. The number of nitriles is 1. The van der Waals surface area contributed by atoms with Crippen LogP contribution in [0.4, 0.5) is 0 Å². The predicted molar refractivity (Wildman–Crippen MR) is 120 cm³/mol. The minimum Gasteiger partial charge on any atom is -0.474 e. The highest BCUT2D eigenvalue weighted by atomic mass is 35.5. The molecule has 0 saturated carbocycles. The van der Waals surface area contributed by atoms with Gasteiger partial charge in [0.25, 0.3) is 5.91 Å². The number of carbonyl (C=O) groups is 1. The Morgan fingerprint density at radius 1 is 1.19 bits per heavy atom. The van der Waals surface area contributed by atoms with Crippen molar-refractivity contribution in [1.29, 1.82) is 5.26 Å². The van der Waals surface area contributed by atoms with E-state index in [0.29, 0.717) is 40.3 Å². The Kier molecular flexibility index (Phi) is 6.54. The summed E-state index contributed by atoms with van der Waals surface area (Å²) in [5.74, 6) is 0.202. The van der Waals surface area contributed by atoms with Gasteiger partial charge in [0, 0.05) is 43.4 Å². The van der Waals surface area contributed by atoms with Crippen LogP contribution in [0.15, 0.2) is 55.1 Å². The quantitative estimate of drug-likeness (QED) is 0.552. The van der Waals surface area contributed by atoms with Crippen molar-refractivity contribution in [1.82, 2.24) is 19.9 Å². The molecule has 3 atom stereocenters. The third-order valence-electron chi connectivity index (χ3n) is 5.60. The number of amides is 1. The first kappa shape index (κ1) is 22.0. The van der Waals surface area contributed by atoms with Gasteiger partial charge in [-0.05, 0) is 36.8 Å². The summed E-state index contributed by atoms with van der Waals surface area (Å²) < 4.78 is 6.09. The third-order valence-corrected chi connectivity index (χ3v) is 6.34. The SMILES string of the molecule is CC(Oc1ccc(C#N)cn1)C1CN(C(=O)c2ccncn2)CC1c1ccc(Cl)c(Cl)c1. The Labute approximate surface area is 195 Å². The molecule has 3 heterocycles. The van der Waals surface area contributed by atoms with E-state index in [1.165, 1.54) is 12.5 Å². The lowest BCUT2D eigenvalue weighted by atomic mass is 9.86. The van der Waals surface area contributed by atoms with Gasteiger partial charge in [-0.25, -0.2) is 15.0 Å². The van der Waals surface area contributed by atoms with Gasteiger partial charge in [0.15, 0.2) is 0 Å². The van der Waals surface area contributed by atoms with E-state index >= 15 is 0 Å². The van der Waals surface area contributed by atoms with E-state index in [2.05, 4.69) is 15.0 Å². The molecule has 1 saturated heterocycles. The lowest BCUT2D eigenvalue weighted by Crippen LogP contribution is -2.32. The number of benzene rings is 1. The van der Waals surface area contributed by atoms with Gasteiger partial charge in [-0.2, -0.15) is 5.26 Å². The molecule has 162 valence electrons. The normalized spacial score (nSPS) is 18.8. The van der Waals surface area contributed by atoms with E-state index < -0.39 is 0 Å². The van der Waals surface area contributed by atoms with Crippen LogP contribution in [0.1, 0.15) is 34.5 Å². The van der Waals surface area contributed by atoms with E-state index in [-0.39, 0.29) is 23.8 Å². The van der Waals surface area contributed by atoms with E-state index in [0.717, 1.165) is 5.56 Å². The minimum absolute atomic E-state index is 0.0241. The largest absolute Gasteiger partial charge is 0.474 e. The van der Waals surface area contributed by atoms with Crippen molar-refractivity contribution >= 4 is 29.1 Å².